The Morgan fingerprint density at radius 3 is 2.30 bits per heavy atom. The maximum absolute atomic E-state index is 2.60. The molecular weight excluding hydrogens is 486 g/mol. The van der Waals surface area contributed by atoms with E-state index in [9.17, 15) is 0 Å². The van der Waals surface area contributed by atoms with Crippen molar-refractivity contribution in [2.75, 3.05) is 0 Å². The fourth-order valence-electron chi connectivity index (χ4n) is 5.91. The topological polar surface area (TPSA) is 0 Å². The summed E-state index contributed by atoms with van der Waals surface area (Å²) in [4.78, 5) is 0. The summed E-state index contributed by atoms with van der Waals surface area (Å²) in [7, 11) is 0. The van der Waals surface area contributed by atoms with Crippen LogP contribution in [0.3, 0.4) is 0 Å². The van der Waals surface area contributed by atoms with E-state index >= 15 is 0 Å². The molecule has 1 saturated carbocycles. The third kappa shape index (κ3) is 3.74. The van der Waals surface area contributed by atoms with Gasteiger partial charge in [-0.2, -0.15) is 0 Å². The SMILES string of the molecule is CC1CC(C)(c2cccc3c2Cc2ccccc2-3)C2C=C(C(C)(C)C)C=C12.[Cl-].[Cl-].[Zr+2]. The molecule has 3 unspecified atom stereocenters. The summed E-state index contributed by atoms with van der Waals surface area (Å²) in [6.45, 7) is 12.0. The van der Waals surface area contributed by atoms with Crippen LogP contribution in [0.2, 0.25) is 0 Å². The second-order valence-electron chi connectivity index (χ2n) is 10.2. The van der Waals surface area contributed by atoms with Gasteiger partial charge in [-0.05, 0) is 57.6 Å². The number of benzene rings is 2. The molecule has 0 nitrogen and oxygen atoms in total. The molecular formula is C27H30Cl2Zr. The Kier molecular flexibility index (Phi) is 7.46. The van der Waals surface area contributed by atoms with Crippen LogP contribution in [0.15, 0.2) is 65.8 Å². The van der Waals surface area contributed by atoms with E-state index in [1.165, 1.54) is 28.7 Å². The van der Waals surface area contributed by atoms with Crippen LogP contribution in [0.4, 0.5) is 0 Å². The molecule has 0 aliphatic heterocycles. The summed E-state index contributed by atoms with van der Waals surface area (Å²) in [5.74, 6) is 1.22. The number of hydrogen-bond acceptors (Lipinski definition) is 0. The number of fused-ring (bicyclic) bond motifs is 4. The van der Waals surface area contributed by atoms with Crippen molar-refractivity contribution >= 4 is 0 Å². The van der Waals surface area contributed by atoms with Gasteiger partial charge in [0.1, 0.15) is 0 Å². The molecule has 0 radical (unpaired) electrons. The van der Waals surface area contributed by atoms with E-state index in [1.54, 1.807) is 16.7 Å². The van der Waals surface area contributed by atoms with Crippen LogP contribution in [0.25, 0.3) is 11.1 Å². The molecule has 0 aromatic heterocycles. The Morgan fingerprint density at radius 1 is 0.933 bits per heavy atom. The zero-order valence-electron chi connectivity index (χ0n) is 18.5. The molecule has 3 aliphatic carbocycles. The molecule has 0 amide bonds. The van der Waals surface area contributed by atoms with Gasteiger partial charge >= 0.3 is 26.2 Å². The Balaban J connectivity index is 0.00000107. The number of allylic oxidation sites excluding steroid dienone is 4. The number of halogens is 2. The standard InChI is InChI=1S/C27H30.2ClH.Zr/c1-17-16-27(5,25-15-19(14-22(17)25)26(2,3)4)24-12-8-11-21-20-10-7-6-9-18(20)13-23(21)24;;;/h6-12,14-15,17,25H,13,16H2,1-5H3;2*1H;/q;;;+2/p-2. The second kappa shape index (κ2) is 8.73. The fraction of sp³-hybridized carbons (Fsp3) is 0.407. The third-order valence-corrected chi connectivity index (χ3v) is 7.35. The summed E-state index contributed by atoms with van der Waals surface area (Å²) in [6, 6.07) is 16.0. The summed E-state index contributed by atoms with van der Waals surface area (Å²) < 4.78 is 0. The minimum absolute atomic E-state index is 0. The molecule has 0 saturated heterocycles. The van der Waals surface area contributed by atoms with Crippen LogP contribution in [0, 0.1) is 17.3 Å². The first-order valence-electron chi connectivity index (χ1n) is 10.4. The molecule has 3 aliphatic rings. The predicted molar refractivity (Wildman–Crippen MR) is 115 cm³/mol. The van der Waals surface area contributed by atoms with Crippen LogP contribution < -0.4 is 24.8 Å². The molecule has 30 heavy (non-hydrogen) atoms. The van der Waals surface area contributed by atoms with Crippen LogP contribution in [-0.2, 0) is 38.0 Å². The van der Waals surface area contributed by atoms with E-state index < -0.39 is 0 Å². The fourth-order valence-corrected chi connectivity index (χ4v) is 5.91. The summed E-state index contributed by atoms with van der Waals surface area (Å²) in [6.07, 6.45) is 7.47. The smallest absolute Gasteiger partial charge is 1.00 e. The summed E-state index contributed by atoms with van der Waals surface area (Å²) >= 11 is 0. The van der Waals surface area contributed by atoms with Crippen molar-refractivity contribution in [3.8, 4) is 11.1 Å². The Morgan fingerprint density at radius 2 is 1.60 bits per heavy atom. The van der Waals surface area contributed by atoms with Gasteiger partial charge in [0.05, 0.1) is 0 Å². The van der Waals surface area contributed by atoms with Gasteiger partial charge in [0.2, 0.25) is 0 Å². The van der Waals surface area contributed by atoms with Crippen molar-refractivity contribution in [2.45, 2.75) is 52.9 Å². The van der Waals surface area contributed by atoms with Crippen molar-refractivity contribution < 1.29 is 51.0 Å². The Bertz CT molecular complexity index is 1010. The quantitative estimate of drug-likeness (QED) is 0.455. The van der Waals surface area contributed by atoms with Crippen LogP contribution in [-0.4, -0.2) is 0 Å². The first-order valence-corrected chi connectivity index (χ1v) is 10.4. The largest absolute Gasteiger partial charge is 2.00 e. The van der Waals surface area contributed by atoms with Gasteiger partial charge in [0.25, 0.3) is 0 Å². The zero-order valence-corrected chi connectivity index (χ0v) is 22.5. The van der Waals surface area contributed by atoms with Gasteiger partial charge in [0.15, 0.2) is 0 Å². The van der Waals surface area contributed by atoms with Gasteiger partial charge in [-0.3, -0.25) is 0 Å². The molecule has 1 fully saturated rings. The van der Waals surface area contributed by atoms with Crippen molar-refractivity contribution in [2.24, 2.45) is 17.3 Å². The molecule has 0 bridgehead atoms. The monoisotopic (exact) mass is 514 g/mol. The van der Waals surface area contributed by atoms with Crippen LogP contribution >= 0.6 is 0 Å². The van der Waals surface area contributed by atoms with E-state index in [-0.39, 0.29) is 61.8 Å². The number of rotatable bonds is 1. The molecule has 0 spiro atoms. The molecule has 3 atom stereocenters. The van der Waals surface area contributed by atoms with Crippen molar-refractivity contribution in [3.63, 3.8) is 0 Å². The average molecular weight is 517 g/mol. The van der Waals surface area contributed by atoms with E-state index in [0.29, 0.717) is 11.8 Å². The third-order valence-electron chi connectivity index (χ3n) is 7.35. The molecule has 2 aromatic rings. The maximum atomic E-state index is 2.60. The summed E-state index contributed by atoms with van der Waals surface area (Å²) in [5, 5.41) is 0. The zero-order chi connectivity index (χ0) is 19.0. The molecule has 3 heteroatoms. The van der Waals surface area contributed by atoms with Crippen LogP contribution in [0.5, 0.6) is 0 Å². The Labute approximate surface area is 213 Å². The van der Waals surface area contributed by atoms with Crippen molar-refractivity contribution in [3.05, 3.63) is 82.5 Å². The van der Waals surface area contributed by atoms with Gasteiger partial charge < -0.3 is 24.8 Å². The van der Waals surface area contributed by atoms with Crippen LogP contribution in [0.1, 0.15) is 57.7 Å². The van der Waals surface area contributed by atoms with E-state index in [2.05, 4.69) is 89.2 Å². The molecule has 0 N–H and O–H groups in total. The minimum Gasteiger partial charge on any atom is -1.00 e. The molecule has 5 rings (SSSR count). The predicted octanol–water partition coefficient (Wildman–Crippen LogP) is 1.09. The van der Waals surface area contributed by atoms with Crippen molar-refractivity contribution in [1.29, 1.82) is 0 Å². The average Bonchev–Trinajstić information content (AvgIpc) is 3.28. The minimum atomic E-state index is 0. The van der Waals surface area contributed by atoms with E-state index in [0.717, 1.165) is 6.42 Å². The molecule has 0 heterocycles. The van der Waals surface area contributed by atoms with Gasteiger partial charge in [-0.25, -0.2) is 0 Å². The normalized spacial score (nSPS) is 25.6. The van der Waals surface area contributed by atoms with Gasteiger partial charge in [-0.15, -0.1) is 0 Å². The second-order valence-corrected chi connectivity index (χ2v) is 10.2. The van der Waals surface area contributed by atoms with Gasteiger partial charge in [0, 0.05) is 11.3 Å². The molecule has 156 valence electrons. The number of hydrogen-bond donors (Lipinski definition) is 0. The van der Waals surface area contributed by atoms with Gasteiger partial charge in [-0.1, -0.05) is 94.8 Å². The maximum Gasteiger partial charge on any atom is 2.00 e. The van der Waals surface area contributed by atoms with Crippen molar-refractivity contribution in [1.82, 2.24) is 0 Å². The van der Waals surface area contributed by atoms with E-state index in [4.69, 9.17) is 0 Å². The molecule has 2 aromatic carbocycles. The Hall–Kier alpha value is -0.617. The summed E-state index contributed by atoms with van der Waals surface area (Å²) in [5.41, 5.74) is 11.2. The first-order chi connectivity index (χ1) is 12.8. The van der Waals surface area contributed by atoms with E-state index in [1.807, 2.05) is 0 Å². The first kappa shape index (κ1) is 25.6.